The molecule has 1 saturated carbocycles. The zero-order chi connectivity index (χ0) is 32.0. The van der Waals surface area contributed by atoms with Crippen LogP contribution in [0.4, 0.5) is 13.2 Å². The van der Waals surface area contributed by atoms with E-state index in [1.54, 1.807) is 0 Å². The second-order valence-electron chi connectivity index (χ2n) is 12.8. The van der Waals surface area contributed by atoms with Gasteiger partial charge < -0.3 is 10.4 Å². The number of aromatic nitrogens is 2. The first-order valence-corrected chi connectivity index (χ1v) is 14.0. The first kappa shape index (κ1) is 34.7. The van der Waals surface area contributed by atoms with Crippen molar-refractivity contribution in [2.45, 2.75) is 105 Å². The molecule has 42 heavy (non-hydrogen) atoms. The maximum Gasteiger partial charge on any atom is 0.417 e. The average Bonchev–Trinajstić information content (AvgIpc) is 3.51. The molecular formula is C31H42F3N3O5. The van der Waals surface area contributed by atoms with Gasteiger partial charge in [-0.3, -0.25) is 23.9 Å². The molecule has 1 heterocycles. The molecule has 2 N–H and O–H groups in total. The Morgan fingerprint density at radius 1 is 0.976 bits per heavy atom. The zero-order valence-electron chi connectivity index (χ0n) is 25.4. The number of Topliss-reactive ketones (excluding diaryl/α,β-unsaturated/α-hetero) is 2. The van der Waals surface area contributed by atoms with Crippen LogP contribution >= 0.6 is 0 Å². The third-order valence-corrected chi connectivity index (χ3v) is 6.80. The number of nitrogens with one attached hydrogen (secondary N) is 1. The van der Waals surface area contributed by atoms with Gasteiger partial charge in [0.15, 0.2) is 5.69 Å². The SMILES string of the molecule is CC(=O)C[C@@H](CC(=O)O)NC(=O)c1cc(-c2ccccc2C(F)(F)F)n(C2CCCC2)n1.CC(C)(C)C(=O)C(C)(C)C. The summed E-state index contributed by atoms with van der Waals surface area (Å²) in [7, 11) is 0. The molecule has 1 aromatic heterocycles. The van der Waals surface area contributed by atoms with Gasteiger partial charge in [-0.05, 0) is 31.9 Å². The van der Waals surface area contributed by atoms with E-state index in [1.165, 1.54) is 35.9 Å². The molecule has 0 aliphatic heterocycles. The van der Waals surface area contributed by atoms with E-state index in [0.29, 0.717) is 5.78 Å². The highest BCUT2D eigenvalue weighted by Gasteiger charge is 2.36. The summed E-state index contributed by atoms with van der Waals surface area (Å²) in [4.78, 5) is 46.8. The molecule has 0 spiro atoms. The number of carboxylic acid groups (broad SMARTS) is 1. The molecule has 0 saturated heterocycles. The Bertz CT molecular complexity index is 1250. The van der Waals surface area contributed by atoms with Crippen molar-refractivity contribution in [1.82, 2.24) is 15.1 Å². The molecule has 11 heteroatoms. The number of carbonyl (C=O) groups is 4. The van der Waals surface area contributed by atoms with Crippen LogP contribution in [-0.2, 0) is 20.6 Å². The van der Waals surface area contributed by atoms with Gasteiger partial charge in [-0.25, -0.2) is 0 Å². The lowest BCUT2D eigenvalue weighted by Gasteiger charge is -2.26. The van der Waals surface area contributed by atoms with E-state index in [4.69, 9.17) is 5.11 Å². The molecule has 1 amide bonds. The molecule has 1 atom stereocenters. The quantitative estimate of drug-likeness (QED) is 0.344. The lowest BCUT2D eigenvalue weighted by atomic mass is 9.76. The molecule has 232 valence electrons. The molecule has 1 aromatic carbocycles. The second-order valence-corrected chi connectivity index (χ2v) is 12.8. The van der Waals surface area contributed by atoms with Crippen molar-refractivity contribution in [3.63, 3.8) is 0 Å². The van der Waals surface area contributed by atoms with Gasteiger partial charge in [0.25, 0.3) is 5.91 Å². The molecule has 2 aromatic rings. The number of hydrogen-bond donors (Lipinski definition) is 2. The summed E-state index contributed by atoms with van der Waals surface area (Å²) in [5.41, 5.74) is -1.24. The average molecular weight is 594 g/mol. The number of rotatable bonds is 8. The van der Waals surface area contributed by atoms with E-state index in [-0.39, 0.29) is 46.0 Å². The number of ketones is 2. The van der Waals surface area contributed by atoms with Crippen LogP contribution in [0.3, 0.4) is 0 Å². The van der Waals surface area contributed by atoms with Gasteiger partial charge in [-0.1, -0.05) is 72.6 Å². The van der Waals surface area contributed by atoms with Gasteiger partial charge >= 0.3 is 12.1 Å². The van der Waals surface area contributed by atoms with Crippen molar-refractivity contribution >= 4 is 23.4 Å². The number of alkyl halides is 3. The van der Waals surface area contributed by atoms with Crippen molar-refractivity contribution in [1.29, 1.82) is 0 Å². The Kier molecular flexibility index (Phi) is 11.3. The monoisotopic (exact) mass is 593 g/mol. The van der Waals surface area contributed by atoms with Gasteiger partial charge in [0.05, 0.1) is 23.7 Å². The summed E-state index contributed by atoms with van der Waals surface area (Å²) in [5, 5.41) is 15.8. The van der Waals surface area contributed by atoms with Gasteiger partial charge in [-0.2, -0.15) is 18.3 Å². The number of halogens is 3. The topological polar surface area (TPSA) is 118 Å². The summed E-state index contributed by atoms with van der Waals surface area (Å²) >= 11 is 0. The number of amides is 1. The summed E-state index contributed by atoms with van der Waals surface area (Å²) < 4.78 is 42.4. The molecule has 0 unspecified atom stereocenters. The maximum atomic E-state index is 13.6. The standard InChI is InChI=1S/C22H24F3N3O4.C9H18O/c1-13(29)10-14(11-20(30)31)26-21(32)18-12-19(28(27-18)15-6-2-3-7-15)16-8-4-5-9-17(16)22(23,24)25;1-8(2,3)7(10)9(4,5)6/h4-5,8-9,12,14-15H,2-3,6-7,10-11H2,1H3,(H,26,32)(H,30,31);1-6H3/t14-;/m0./s1. The number of aliphatic carboxylic acids is 1. The summed E-state index contributed by atoms with van der Waals surface area (Å²) in [6, 6.07) is 5.33. The van der Waals surface area contributed by atoms with Crippen LogP contribution in [0, 0.1) is 10.8 Å². The Balaban J connectivity index is 0.000000528. The first-order valence-electron chi connectivity index (χ1n) is 14.0. The second kappa shape index (κ2) is 13.6. The smallest absolute Gasteiger partial charge is 0.417 e. The maximum absolute atomic E-state index is 13.6. The zero-order valence-corrected chi connectivity index (χ0v) is 25.4. The Morgan fingerprint density at radius 3 is 1.98 bits per heavy atom. The molecule has 0 radical (unpaired) electrons. The number of benzene rings is 1. The third-order valence-electron chi connectivity index (χ3n) is 6.80. The van der Waals surface area contributed by atoms with E-state index < -0.39 is 36.1 Å². The Hall–Kier alpha value is -3.50. The van der Waals surface area contributed by atoms with Gasteiger partial charge in [0, 0.05) is 28.9 Å². The fourth-order valence-corrected chi connectivity index (χ4v) is 5.20. The lowest BCUT2D eigenvalue weighted by Crippen LogP contribution is -2.38. The van der Waals surface area contributed by atoms with Crippen LogP contribution in [-0.4, -0.2) is 44.4 Å². The number of hydrogen-bond acceptors (Lipinski definition) is 5. The molecule has 1 fully saturated rings. The van der Waals surface area contributed by atoms with Crippen molar-refractivity contribution in [2.75, 3.05) is 0 Å². The van der Waals surface area contributed by atoms with Gasteiger partial charge in [0.1, 0.15) is 11.6 Å². The lowest BCUT2D eigenvalue weighted by molar-refractivity contribution is -0.138. The van der Waals surface area contributed by atoms with E-state index in [1.807, 2.05) is 41.5 Å². The van der Waals surface area contributed by atoms with Crippen LogP contribution in [0.25, 0.3) is 11.3 Å². The number of carbonyl (C=O) groups excluding carboxylic acids is 3. The fraction of sp³-hybridized carbons (Fsp3) is 0.581. The summed E-state index contributed by atoms with van der Waals surface area (Å²) in [6.45, 7) is 13.0. The molecule has 1 aliphatic rings. The van der Waals surface area contributed by atoms with Crippen molar-refractivity contribution in [3.05, 3.63) is 41.6 Å². The van der Waals surface area contributed by atoms with E-state index >= 15 is 0 Å². The minimum Gasteiger partial charge on any atom is -0.481 e. The molecular weight excluding hydrogens is 551 g/mol. The first-order chi connectivity index (χ1) is 19.2. The highest BCUT2D eigenvalue weighted by Crippen LogP contribution is 2.40. The van der Waals surface area contributed by atoms with E-state index in [0.717, 1.165) is 31.7 Å². The molecule has 0 bridgehead atoms. The van der Waals surface area contributed by atoms with Crippen LogP contribution < -0.4 is 5.32 Å². The van der Waals surface area contributed by atoms with Crippen molar-refractivity contribution in [3.8, 4) is 11.3 Å². The van der Waals surface area contributed by atoms with Crippen LogP contribution in [0.15, 0.2) is 30.3 Å². The highest BCUT2D eigenvalue weighted by molar-refractivity contribution is 5.94. The predicted octanol–water partition coefficient (Wildman–Crippen LogP) is 6.88. The minimum atomic E-state index is -4.59. The number of carboxylic acids is 1. The van der Waals surface area contributed by atoms with E-state index in [9.17, 15) is 32.3 Å². The highest BCUT2D eigenvalue weighted by atomic mass is 19.4. The van der Waals surface area contributed by atoms with Crippen molar-refractivity contribution < 1.29 is 37.5 Å². The van der Waals surface area contributed by atoms with E-state index in [2.05, 4.69) is 10.4 Å². The summed E-state index contributed by atoms with van der Waals surface area (Å²) in [5.74, 6) is -1.90. The van der Waals surface area contributed by atoms with Crippen LogP contribution in [0.2, 0.25) is 0 Å². The van der Waals surface area contributed by atoms with Crippen LogP contribution in [0.5, 0.6) is 0 Å². The molecule has 1 aliphatic carbocycles. The van der Waals surface area contributed by atoms with Crippen molar-refractivity contribution in [2.24, 2.45) is 10.8 Å². The fourth-order valence-electron chi connectivity index (χ4n) is 5.20. The van der Waals surface area contributed by atoms with Gasteiger partial charge in [0.2, 0.25) is 0 Å². The Morgan fingerprint density at radius 2 is 1.52 bits per heavy atom. The normalized spacial score (nSPS) is 15.0. The third kappa shape index (κ3) is 9.80. The Labute approximate surface area is 245 Å². The molecule has 8 nitrogen and oxygen atoms in total. The summed E-state index contributed by atoms with van der Waals surface area (Å²) in [6.07, 6.45) is -1.94. The number of nitrogens with zero attached hydrogens (tertiary/aromatic N) is 2. The predicted molar refractivity (Wildman–Crippen MR) is 153 cm³/mol. The molecule has 3 rings (SSSR count). The largest absolute Gasteiger partial charge is 0.481 e. The van der Waals surface area contributed by atoms with Gasteiger partial charge in [-0.15, -0.1) is 0 Å². The van der Waals surface area contributed by atoms with Crippen LogP contribution in [0.1, 0.15) is 109 Å². The minimum absolute atomic E-state index is 0.0794.